The second kappa shape index (κ2) is 7.01. The topological polar surface area (TPSA) is 32.9 Å². The largest absolute Gasteiger partial charge is 0.362 e. The van der Waals surface area contributed by atoms with Crippen LogP contribution in [0.15, 0.2) is 41.2 Å². The molecule has 0 amide bonds. The van der Waals surface area contributed by atoms with Gasteiger partial charge in [-0.05, 0) is 44.4 Å². The maximum absolute atomic E-state index is 12.8. The maximum Gasteiger partial charge on any atom is 0.188 e. The monoisotopic (exact) mass is 351 g/mol. The van der Waals surface area contributed by atoms with Gasteiger partial charge in [0.05, 0.1) is 0 Å². The van der Waals surface area contributed by atoms with E-state index in [-0.39, 0.29) is 5.43 Å². The highest BCUT2D eigenvalue weighted by Gasteiger charge is 2.16. The Kier molecular flexibility index (Phi) is 4.96. The number of aryl methyl sites for hydroxylation is 2. The van der Waals surface area contributed by atoms with Gasteiger partial charge in [0.15, 0.2) is 5.43 Å². The zero-order chi connectivity index (χ0) is 18.1. The van der Waals surface area contributed by atoms with Crippen LogP contribution in [-0.2, 0) is 6.42 Å². The fourth-order valence-electron chi connectivity index (χ4n) is 3.08. The predicted molar refractivity (Wildman–Crippen MR) is 108 cm³/mol. The van der Waals surface area contributed by atoms with Gasteiger partial charge in [-0.2, -0.15) is 0 Å². The minimum atomic E-state index is 0.185. The van der Waals surface area contributed by atoms with Crippen molar-refractivity contribution in [2.24, 2.45) is 0 Å². The van der Waals surface area contributed by atoms with Gasteiger partial charge < -0.3 is 4.98 Å². The summed E-state index contributed by atoms with van der Waals surface area (Å²) in [4.78, 5) is 18.8. The summed E-state index contributed by atoms with van der Waals surface area (Å²) in [5.41, 5.74) is 6.47. The number of aromatic nitrogens is 1. The molecule has 0 saturated heterocycles. The number of aromatic amines is 1. The number of thiophene rings is 1. The first-order valence-corrected chi connectivity index (χ1v) is 9.56. The highest BCUT2D eigenvalue weighted by Crippen LogP contribution is 2.30. The van der Waals surface area contributed by atoms with Gasteiger partial charge >= 0.3 is 0 Å². The lowest BCUT2D eigenvalue weighted by molar-refractivity contribution is 0.789. The number of hydrogen-bond donors (Lipinski definition) is 1. The summed E-state index contributed by atoms with van der Waals surface area (Å²) in [5, 5.41) is 0. The summed E-state index contributed by atoms with van der Waals surface area (Å²) < 4.78 is 0. The van der Waals surface area contributed by atoms with E-state index in [9.17, 15) is 4.79 Å². The molecule has 0 aliphatic carbocycles. The Morgan fingerprint density at radius 3 is 2.32 bits per heavy atom. The van der Waals surface area contributed by atoms with E-state index in [2.05, 4.69) is 62.2 Å². The molecule has 1 aromatic carbocycles. The van der Waals surface area contributed by atoms with Crippen LogP contribution in [0, 0.1) is 20.8 Å². The first-order valence-electron chi connectivity index (χ1n) is 8.74. The molecule has 2 aromatic heterocycles. The molecular weight excluding hydrogens is 326 g/mol. The van der Waals surface area contributed by atoms with E-state index in [1.54, 1.807) is 11.3 Å². The van der Waals surface area contributed by atoms with Crippen LogP contribution in [0.25, 0.3) is 10.4 Å². The minimum Gasteiger partial charge on any atom is -0.362 e. The number of nitrogens with one attached hydrogen (secondary N) is 1. The molecule has 0 unspecified atom stereocenters. The summed E-state index contributed by atoms with van der Waals surface area (Å²) in [7, 11) is 0. The molecule has 1 N–H and O–H groups in total. The summed E-state index contributed by atoms with van der Waals surface area (Å²) in [6.07, 6.45) is 0.695. The van der Waals surface area contributed by atoms with E-state index >= 15 is 0 Å². The zero-order valence-electron chi connectivity index (χ0n) is 15.6. The van der Waals surface area contributed by atoms with Gasteiger partial charge in [0.1, 0.15) is 0 Å². The summed E-state index contributed by atoms with van der Waals surface area (Å²) >= 11 is 1.77. The molecular formula is C22H25NOS. The van der Waals surface area contributed by atoms with Crippen molar-refractivity contribution >= 4 is 11.3 Å². The minimum absolute atomic E-state index is 0.185. The van der Waals surface area contributed by atoms with Crippen molar-refractivity contribution in [2.45, 2.75) is 47.0 Å². The van der Waals surface area contributed by atoms with Crippen LogP contribution in [0.3, 0.4) is 0 Å². The van der Waals surface area contributed by atoms with Gasteiger partial charge in [0, 0.05) is 38.7 Å². The van der Waals surface area contributed by atoms with Crippen molar-refractivity contribution in [3.8, 4) is 10.4 Å². The quantitative estimate of drug-likeness (QED) is 0.638. The molecule has 25 heavy (non-hydrogen) atoms. The van der Waals surface area contributed by atoms with E-state index in [1.807, 2.05) is 13.8 Å². The van der Waals surface area contributed by atoms with E-state index in [4.69, 9.17) is 0 Å². The molecule has 0 spiro atoms. The molecule has 2 heterocycles. The summed E-state index contributed by atoms with van der Waals surface area (Å²) in [6, 6.07) is 12.9. The molecule has 130 valence electrons. The third-order valence-electron chi connectivity index (χ3n) is 4.75. The van der Waals surface area contributed by atoms with Gasteiger partial charge in [0.2, 0.25) is 0 Å². The van der Waals surface area contributed by atoms with Crippen molar-refractivity contribution in [2.75, 3.05) is 0 Å². The lowest BCUT2D eigenvalue weighted by atomic mass is 9.97. The maximum atomic E-state index is 12.8. The Hall–Kier alpha value is -2.13. The average molecular weight is 352 g/mol. The standard InChI is InChI=1S/C22H25NOS/c1-13(2)21-19(22(24)15(4)16(5)23-21)12-18-10-11-20(25-18)17-8-6-14(3)7-9-17/h6-11,13H,12H2,1-5H3,(H,23,24). The van der Waals surface area contributed by atoms with E-state index < -0.39 is 0 Å². The molecule has 0 bridgehead atoms. The number of benzene rings is 1. The fraction of sp³-hybridized carbons (Fsp3) is 0.318. The van der Waals surface area contributed by atoms with Gasteiger partial charge in [-0.1, -0.05) is 43.7 Å². The Morgan fingerprint density at radius 2 is 1.68 bits per heavy atom. The molecule has 0 radical (unpaired) electrons. The second-order valence-corrected chi connectivity index (χ2v) is 8.23. The smallest absolute Gasteiger partial charge is 0.188 e. The lowest BCUT2D eigenvalue weighted by Crippen LogP contribution is -2.19. The summed E-state index contributed by atoms with van der Waals surface area (Å²) in [5.74, 6) is 0.304. The van der Waals surface area contributed by atoms with Crippen LogP contribution in [-0.4, -0.2) is 4.98 Å². The van der Waals surface area contributed by atoms with E-state index in [0.29, 0.717) is 12.3 Å². The van der Waals surface area contributed by atoms with Crippen LogP contribution in [0.5, 0.6) is 0 Å². The van der Waals surface area contributed by atoms with E-state index in [0.717, 1.165) is 22.5 Å². The predicted octanol–water partition coefficient (Wildman–Crippen LogP) is 5.74. The fourth-order valence-corrected chi connectivity index (χ4v) is 4.10. The molecule has 0 saturated carbocycles. The number of rotatable bonds is 4. The number of hydrogen-bond acceptors (Lipinski definition) is 2. The van der Waals surface area contributed by atoms with Crippen molar-refractivity contribution < 1.29 is 0 Å². The van der Waals surface area contributed by atoms with Crippen LogP contribution < -0.4 is 5.43 Å². The van der Waals surface area contributed by atoms with Gasteiger partial charge in [-0.3, -0.25) is 4.79 Å². The summed E-state index contributed by atoms with van der Waals surface area (Å²) in [6.45, 7) is 10.3. The Labute approximate surface area is 153 Å². The molecule has 3 rings (SSSR count). The van der Waals surface area contributed by atoms with E-state index in [1.165, 1.54) is 20.9 Å². The molecule has 0 aliphatic heterocycles. The van der Waals surface area contributed by atoms with Crippen LogP contribution in [0.4, 0.5) is 0 Å². The van der Waals surface area contributed by atoms with Crippen LogP contribution in [0.1, 0.15) is 52.7 Å². The average Bonchev–Trinajstić information content (AvgIpc) is 3.04. The molecule has 3 aromatic rings. The molecule has 0 fully saturated rings. The van der Waals surface area contributed by atoms with Gasteiger partial charge in [0.25, 0.3) is 0 Å². The third-order valence-corrected chi connectivity index (χ3v) is 5.88. The van der Waals surface area contributed by atoms with Crippen molar-refractivity contribution in [1.29, 1.82) is 0 Å². The molecule has 0 aliphatic rings. The lowest BCUT2D eigenvalue weighted by Gasteiger charge is -2.15. The Bertz CT molecular complexity index is 945. The van der Waals surface area contributed by atoms with Crippen molar-refractivity contribution in [3.63, 3.8) is 0 Å². The van der Waals surface area contributed by atoms with Gasteiger partial charge in [-0.25, -0.2) is 0 Å². The van der Waals surface area contributed by atoms with Crippen molar-refractivity contribution in [3.05, 3.63) is 79.6 Å². The second-order valence-electron chi connectivity index (χ2n) is 7.06. The molecule has 3 heteroatoms. The third kappa shape index (κ3) is 3.62. The molecule has 0 atom stereocenters. The zero-order valence-corrected chi connectivity index (χ0v) is 16.4. The highest BCUT2D eigenvalue weighted by molar-refractivity contribution is 7.15. The van der Waals surface area contributed by atoms with Crippen LogP contribution >= 0.6 is 11.3 Å². The Morgan fingerprint density at radius 1 is 1.00 bits per heavy atom. The van der Waals surface area contributed by atoms with Crippen LogP contribution in [0.2, 0.25) is 0 Å². The normalized spacial score (nSPS) is 11.3. The SMILES string of the molecule is Cc1ccc(-c2ccc(Cc3c(C(C)C)[nH]c(C)c(C)c3=O)s2)cc1. The van der Waals surface area contributed by atoms with Crippen molar-refractivity contribution in [1.82, 2.24) is 4.98 Å². The Balaban J connectivity index is 1.97. The first kappa shape index (κ1) is 17.7. The number of H-pyrrole nitrogens is 1. The number of pyridine rings is 1. The van der Waals surface area contributed by atoms with Gasteiger partial charge in [-0.15, -0.1) is 11.3 Å². The highest BCUT2D eigenvalue weighted by atomic mass is 32.1. The molecule has 2 nitrogen and oxygen atoms in total. The first-order chi connectivity index (χ1) is 11.9.